The SMILES string of the molecule is FC(F)(F)Oc1cc(Cl)cc(Br)c1. The summed E-state index contributed by atoms with van der Waals surface area (Å²) in [6.07, 6.45) is -4.69. The third-order valence-electron chi connectivity index (χ3n) is 1.07. The number of alkyl halides is 3. The van der Waals surface area contributed by atoms with E-state index < -0.39 is 6.36 Å². The van der Waals surface area contributed by atoms with Crippen LogP contribution in [0.25, 0.3) is 0 Å². The maximum absolute atomic E-state index is 11.7. The predicted molar refractivity (Wildman–Crippen MR) is 45.8 cm³/mol. The molecule has 0 saturated carbocycles. The first-order chi connectivity index (χ1) is 5.87. The van der Waals surface area contributed by atoms with E-state index in [1.54, 1.807) is 0 Å². The Morgan fingerprint density at radius 3 is 2.31 bits per heavy atom. The van der Waals surface area contributed by atoms with E-state index in [1.807, 2.05) is 0 Å². The molecule has 0 amide bonds. The van der Waals surface area contributed by atoms with Crippen LogP contribution in [0.5, 0.6) is 5.75 Å². The topological polar surface area (TPSA) is 9.23 Å². The van der Waals surface area contributed by atoms with Crippen LogP contribution in [-0.4, -0.2) is 6.36 Å². The lowest BCUT2D eigenvalue weighted by Crippen LogP contribution is -2.17. The summed E-state index contributed by atoms with van der Waals surface area (Å²) in [5, 5.41) is 0.175. The van der Waals surface area contributed by atoms with Crippen LogP contribution in [0.1, 0.15) is 0 Å². The zero-order valence-corrected chi connectivity index (χ0v) is 8.37. The molecule has 1 aromatic carbocycles. The Bertz CT molecular complexity index is 293. The number of benzene rings is 1. The van der Waals surface area contributed by atoms with Crippen LogP contribution < -0.4 is 4.74 Å². The highest BCUT2D eigenvalue weighted by Crippen LogP contribution is 2.28. The predicted octanol–water partition coefficient (Wildman–Crippen LogP) is 4.00. The van der Waals surface area contributed by atoms with Crippen LogP contribution in [0, 0.1) is 0 Å². The Hall–Kier alpha value is -0.420. The molecule has 0 heterocycles. The smallest absolute Gasteiger partial charge is 0.406 e. The van der Waals surface area contributed by atoms with Gasteiger partial charge in [0.15, 0.2) is 0 Å². The van der Waals surface area contributed by atoms with Crippen molar-refractivity contribution >= 4 is 27.5 Å². The summed E-state index contributed by atoms with van der Waals surface area (Å²) in [6, 6.07) is 3.73. The zero-order chi connectivity index (χ0) is 10.1. The van der Waals surface area contributed by atoms with Gasteiger partial charge in [0, 0.05) is 9.50 Å². The molecule has 0 radical (unpaired) electrons. The third-order valence-corrected chi connectivity index (χ3v) is 1.75. The molecule has 72 valence electrons. The second kappa shape index (κ2) is 3.75. The van der Waals surface area contributed by atoms with Crippen molar-refractivity contribution in [2.45, 2.75) is 6.36 Å². The van der Waals surface area contributed by atoms with Crippen molar-refractivity contribution in [3.63, 3.8) is 0 Å². The summed E-state index contributed by atoms with van der Waals surface area (Å²) in [5.74, 6) is -0.341. The van der Waals surface area contributed by atoms with Gasteiger partial charge in [-0.05, 0) is 18.2 Å². The van der Waals surface area contributed by atoms with E-state index in [-0.39, 0.29) is 10.8 Å². The van der Waals surface area contributed by atoms with Crippen molar-refractivity contribution in [2.75, 3.05) is 0 Å². The van der Waals surface area contributed by atoms with Gasteiger partial charge < -0.3 is 4.74 Å². The molecule has 1 rings (SSSR count). The molecule has 0 aliphatic heterocycles. The van der Waals surface area contributed by atoms with Crippen LogP contribution >= 0.6 is 27.5 Å². The van der Waals surface area contributed by atoms with Crippen molar-refractivity contribution in [3.8, 4) is 5.75 Å². The van der Waals surface area contributed by atoms with E-state index in [2.05, 4.69) is 20.7 Å². The zero-order valence-electron chi connectivity index (χ0n) is 6.03. The molecule has 0 fully saturated rings. The van der Waals surface area contributed by atoms with Crippen molar-refractivity contribution in [3.05, 3.63) is 27.7 Å². The molecule has 6 heteroatoms. The first-order valence-corrected chi connectivity index (χ1v) is 4.26. The van der Waals surface area contributed by atoms with E-state index in [1.165, 1.54) is 12.1 Å². The fourth-order valence-corrected chi connectivity index (χ4v) is 1.55. The van der Waals surface area contributed by atoms with Crippen molar-refractivity contribution in [2.24, 2.45) is 0 Å². The monoisotopic (exact) mass is 274 g/mol. The highest BCUT2D eigenvalue weighted by atomic mass is 79.9. The van der Waals surface area contributed by atoms with Gasteiger partial charge in [-0.25, -0.2) is 0 Å². The normalized spacial score (nSPS) is 11.5. The summed E-state index contributed by atoms with van der Waals surface area (Å²) >= 11 is 8.49. The Morgan fingerprint density at radius 1 is 1.23 bits per heavy atom. The summed E-state index contributed by atoms with van der Waals surface area (Å²) in [4.78, 5) is 0. The van der Waals surface area contributed by atoms with Gasteiger partial charge in [-0.1, -0.05) is 27.5 Å². The summed E-state index contributed by atoms with van der Waals surface area (Å²) < 4.78 is 39.3. The molecule has 1 aromatic rings. The Labute approximate surface area is 85.6 Å². The van der Waals surface area contributed by atoms with Crippen molar-refractivity contribution in [1.82, 2.24) is 0 Å². The number of hydrogen-bond donors (Lipinski definition) is 0. The average Bonchev–Trinajstić information content (AvgIpc) is 1.78. The molecule has 0 aliphatic carbocycles. The van der Waals surface area contributed by atoms with Crippen LogP contribution in [0.3, 0.4) is 0 Å². The fourth-order valence-electron chi connectivity index (χ4n) is 0.721. The van der Waals surface area contributed by atoms with Gasteiger partial charge in [-0.15, -0.1) is 13.2 Å². The maximum Gasteiger partial charge on any atom is 0.573 e. The molecule has 0 bridgehead atoms. The summed E-state index contributed by atoms with van der Waals surface area (Å²) in [7, 11) is 0. The van der Waals surface area contributed by atoms with Gasteiger partial charge in [-0.2, -0.15) is 0 Å². The van der Waals surface area contributed by atoms with E-state index in [0.29, 0.717) is 4.47 Å². The first-order valence-electron chi connectivity index (χ1n) is 3.09. The van der Waals surface area contributed by atoms with Crippen LogP contribution in [0.15, 0.2) is 22.7 Å². The molecule has 0 N–H and O–H groups in total. The van der Waals surface area contributed by atoms with E-state index in [0.717, 1.165) is 6.07 Å². The van der Waals surface area contributed by atoms with Crippen LogP contribution in [0.4, 0.5) is 13.2 Å². The van der Waals surface area contributed by atoms with Crippen molar-refractivity contribution in [1.29, 1.82) is 0 Å². The largest absolute Gasteiger partial charge is 0.573 e. The third kappa shape index (κ3) is 3.87. The minimum Gasteiger partial charge on any atom is -0.406 e. The molecule has 0 spiro atoms. The molecule has 0 aromatic heterocycles. The number of rotatable bonds is 1. The van der Waals surface area contributed by atoms with E-state index in [9.17, 15) is 13.2 Å². The van der Waals surface area contributed by atoms with Gasteiger partial charge in [-0.3, -0.25) is 0 Å². The number of hydrogen-bond acceptors (Lipinski definition) is 1. The lowest BCUT2D eigenvalue weighted by atomic mass is 10.3. The molecule has 0 atom stereocenters. The standard InChI is InChI=1S/C7H3BrClF3O/c8-4-1-5(9)3-6(2-4)13-7(10,11)12/h1-3H. The summed E-state index contributed by atoms with van der Waals surface area (Å²) in [6.45, 7) is 0. The molecule has 0 aliphatic rings. The quantitative estimate of drug-likeness (QED) is 0.752. The first kappa shape index (κ1) is 10.7. The van der Waals surface area contributed by atoms with Gasteiger partial charge in [0.25, 0.3) is 0 Å². The average molecular weight is 275 g/mol. The van der Waals surface area contributed by atoms with Crippen molar-refractivity contribution < 1.29 is 17.9 Å². The van der Waals surface area contributed by atoms with E-state index in [4.69, 9.17) is 11.6 Å². The number of halogens is 5. The molecule has 13 heavy (non-hydrogen) atoms. The Kier molecular flexibility index (Phi) is 3.08. The lowest BCUT2D eigenvalue weighted by Gasteiger charge is -2.08. The lowest BCUT2D eigenvalue weighted by molar-refractivity contribution is -0.274. The molecule has 0 unspecified atom stereocenters. The highest BCUT2D eigenvalue weighted by Gasteiger charge is 2.31. The van der Waals surface area contributed by atoms with Gasteiger partial charge in [0.2, 0.25) is 0 Å². The minimum atomic E-state index is -4.69. The highest BCUT2D eigenvalue weighted by molar-refractivity contribution is 9.10. The number of ether oxygens (including phenoxy) is 1. The Morgan fingerprint density at radius 2 is 1.85 bits per heavy atom. The fraction of sp³-hybridized carbons (Fsp3) is 0.143. The van der Waals surface area contributed by atoms with Gasteiger partial charge >= 0.3 is 6.36 Å². The molecule has 0 saturated heterocycles. The maximum atomic E-state index is 11.7. The minimum absolute atomic E-state index is 0.175. The van der Waals surface area contributed by atoms with Gasteiger partial charge in [0.05, 0.1) is 0 Å². The summed E-state index contributed by atoms with van der Waals surface area (Å²) in [5.41, 5.74) is 0. The molecular weight excluding hydrogens is 272 g/mol. The van der Waals surface area contributed by atoms with Crippen LogP contribution in [0.2, 0.25) is 5.02 Å². The van der Waals surface area contributed by atoms with Gasteiger partial charge in [0.1, 0.15) is 5.75 Å². The van der Waals surface area contributed by atoms with Crippen LogP contribution in [-0.2, 0) is 0 Å². The molecule has 1 nitrogen and oxygen atoms in total. The second-order valence-electron chi connectivity index (χ2n) is 2.15. The van der Waals surface area contributed by atoms with E-state index >= 15 is 0 Å². The Balaban J connectivity index is 2.90. The molecular formula is C7H3BrClF3O. The second-order valence-corrected chi connectivity index (χ2v) is 3.51.